The fourth-order valence-corrected chi connectivity index (χ4v) is 8.13. The standard InChI is InChI=1S/C34H29N13O13S4/c35-20-11-22(37)26(61(49,50)51)13-24(20)44-40-16-1-5-18(6-2-16)42-46-32-28(63(55,56)57)9-15-10-29(64(58,59)60)33(34(48)30(15)31(32)39)47-43-19-7-3-17(4-8-19)41-45-25-14-27(62(52,53)54)23(38)12-21(25)36/h1-14,43H,35-39H2,(H,49,50,51)(H,52,53,54)(H,55,56,57)(H,58,59,60)/b44-40?,45-41?,46-42?,47-33-. The zero-order valence-electron chi connectivity index (χ0n) is 31.7. The van der Waals surface area contributed by atoms with E-state index < -0.39 is 94.1 Å². The second kappa shape index (κ2) is 16.9. The molecule has 15 N–H and O–H groups in total. The Balaban J connectivity index is 1.29. The van der Waals surface area contributed by atoms with Gasteiger partial charge in [0.1, 0.15) is 36.7 Å². The van der Waals surface area contributed by atoms with Crippen LogP contribution in [-0.2, 0) is 40.5 Å². The van der Waals surface area contributed by atoms with E-state index in [1.54, 1.807) is 0 Å². The largest absolute Gasteiger partial charge is 0.398 e. The number of benzene rings is 5. The van der Waals surface area contributed by atoms with Crippen LogP contribution in [0.3, 0.4) is 0 Å². The normalized spacial score (nSPS) is 14.4. The third-order valence-electron chi connectivity index (χ3n) is 8.55. The molecule has 5 aromatic rings. The number of hydrogen-bond donors (Lipinski definition) is 10. The molecule has 0 saturated carbocycles. The van der Waals surface area contributed by atoms with E-state index in [0.29, 0.717) is 12.1 Å². The number of allylic oxidation sites excluding steroid dienone is 1. The fourth-order valence-electron chi connectivity index (χ4n) is 5.56. The molecule has 0 heterocycles. The van der Waals surface area contributed by atoms with E-state index in [0.717, 1.165) is 24.3 Å². The first kappa shape index (κ1) is 45.9. The third-order valence-corrected chi connectivity index (χ3v) is 12.1. The van der Waals surface area contributed by atoms with E-state index in [9.17, 15) is 56.7 Å². The van der Waals surface area contributed by atoms with Gasteiger partial charge in [-0.2, -0.15) is 54.1 Å². The highest BCUT2D eigenvalue weighted by Crippen LogP contribution is 2.41. The Bertz CT molecular complexity index is 3410. The lowest BCUT2D eigenvalue weighted by atomic mass is 9.92. The number of ketones is 1. The minimum Gasteiger partial charge on any atom is -0.398 e. The van der Waals surface area contributed by atoms with Gasteiger partial charge >= 0.3 is 0 Å². The highest BCUT2D eigenvalue weighted by Gasteiger charge is 2.37. The number of Topliss-reactive ketones (excluding diaryl/α,β-unsaturated/α-hetero) is 1. The van der Waals surface area contributed by atoms with E-state index >= 15 is 0 Å². The number of nitrogens with one attached hydrogen (secondary N) is 1. The quantitative estimate of drug-likeness (QED) is 0.0320. The number of fused-ring (bicyclic) bond motifs is 1. The van der Waals surface area contributed by atoms with Gasteiger partial charge < -0.3 is 28.7 Å². The first-order valence-electron chi connectivity index (χ1n) is 17.0. The number of hydrogen-bond acceptors (Lipinski definition) is 22. The first-order chi connectivity index (χ1) is 29.7. The van der Waals surface area contributed by atoms with Crippen molar-refractivity contribution in [2.24, 2.45) is 35.8 Å². The average Bonchev–Trinajstić information content (AvgIpc) is 3.18. The zero-order valence-corrected chi connectivity index (χ0v) is 35.0. The summed E-state index contributed by atoms with van der Waals surface area (Å²) < 4.78 is 135. The summed E-state index contributed by atoms with van der Waals surface area (Å²) in [6.07, 6.45) is 0.688. The van der Waals surface area contributed by atoms with Gasteiger partial charge in [-0.05, 0) is 90.5 Å². The van der Waals surface area contributed by atoms with Gasteiger partial charge in [0.15, 0.2) is 5.71 Å². The molecule has 26 nitrogen and oxygen atoms in total. The molecule has 0 aromatic heterocycles. The molecule has 5 aromatic carbocycles. The fraction of sp³-hybridized carbons (Fsp3) is 0. The Morgan fingerprint density at radius 2 is 0.906 bits per heavy atom. The number of nitrogens with two attached hydrogens (primary N) is 5. The Morgan fingerprint density at radius 3 is 1.33 bits per heavy atom. The number of azo groups is 3. The van der Waals surface area contributed by atoms with Crippen molar-refractivity contribution in [3.63, 3.8) is 0 Å². The molecule has 0 atom stereocenters. The van der Waals surface area contributed by atoms with Crippen LogP contribution in [0, 0.1) is 0 Å². The lowest BCUT2D eigenvalue weighted by Gasteiger charge is -2.20. The molecule has 0 aliphatic heterocycles. The van der Waals surface area contributed by atoms with Gasteiger partial charge in [-0.3, -0.25) is 28.4 Å². The molecule has 6 rings (SSSR count). The van der Waals surface area contributed by atoms with Crippen LogP contribution in [0.2, 0.25) is 0 Å². The molecular weight excluding hydrogens is 927 g/mol. The van der Waals surface area contributed by atoms with E-state index in [-0.39, 0.29) is 56.9 Å². The van der Waals surface area contributed by atoms with Crippen LogP contribution in [0.5, 0.6) is 0 Å². The molecule has 332 valence electrons. The summed E-state index contributed by atoms with van der Waals surface area (Å²) in [5.74, 6) is -1.25. The lowest BCUT2D eigenvalue weighted by molar-refractivity contribution is 0.106. The van der Waals surface area contributed by atoms with Crippen molar-refractivity contribution in [3.8, 4) is 0 Å². The molecule has 64 heavy (non-hydrogen) atoms. The molecule has 0 spiro atoms. The Hall–Kier alpha value is -7.58. The Labute approximate surface area is 361 Å². The van der Waals surface area contributed by atoms with Crippen molar-refractivity contribution >= 4 is 126 Å². The summed E-state index contributed by atoms with van der Waals surface area (Å²) in [6, 6.07) is 15.3. The van der Waals surface area contributed by atoms with Gasteiger partial charge in [0, 0.05) is 0 Å². The summed E-state index contributed by atoms with van der Waals surface area (Å²) in [6.45, 7) is 0. The predicted octanol–water partition coefficient (Wildman–Crippen LogP) is 5.48. The summed E-state index contributed by atoms with van der Waals surface area (Å²) in [5.41, 5.74) is 27.6. The summed E-state index contributed by atoms with van der Waals surface area (Å²) in [7, 11) is -19.9. The van der Waals surface area contributed by atoms with Gasteiger partial charge in [0.05, 0.1) is 56.7 Å². The number of anilines is 6. The molecule has 0 bridgehead atoms. The number of nitrogen functional groups attached to an aromatic ring is 5. The van der Waals surface area contributed by atoms with Crippen molar-refractivity contribution in [1.82, 2.24) is 0 Å². The third kappa shape index (κ3) is 10.0. The van der Waals surface area contributed by atoms with Crippen molar-refractivity contribution in [2.45, 2.75) is 14.7 Å². The number of rotatable bonds is 12. The van der Waals surface area contributed by atoms with Crippen LogP contribution in [0.25, 0.3) is 6.08 Å². The Morgan fingerprint density at radius 1 is 0.484 bits per heavy atom. The average molecular weight is 956 g/mol. The smallest absolute Gasteiger partial charge is 0.296 e. The second-order valence-electron chi connectivity index (χ2n) is 13.0. The maximum atomic E-state index is 13.9. The van der Waals surface area contributed by atoms with E-state index in [4.69, 9.17) is 28.7 Å². The van der Waals surface area contributed by atoms with Crippen LogP contribution in [0.4, 0.5) is 68.2 Å². The maximum absolute atomic E-state index is 13.9. The van der Waals surface area contributed by atoms with Crippen LogP contribution in [0.1, 0.15) is 15.9 Å². The molecule has 0 amide bonds. The van der Waals surface area contributed by atoms with Crippen LogP contribution in [0.15, 0.2) is 134 Å². The first-order valence-corrected chi connectivity index (χ1v) is 22.8. The molecule has 0 radical (unpaired) electrons. The van der Waals surface area contributed by atoms with E-state index in [2.05, 4.69) is 41.2 Å². The second-order valence-corrected chi connectivity index (χ2v) is 18.5. The number of carbonyl (C=O) groups excluding carboxylic acids is 1. The Kier molecular flexibility index (Phi) is 12.2. The minimum absolute atomic E-state index is 0.0255. The van der Waals surface area contributed by atoms with Gasteiger partial charge in [0.2, 0.25) is 5.78 Å². The number of nitrogens with zero attached hydrogens (tertiary/aromatic N) is 7. The van der Waals surface area contributed by atoms with Crippen LogP contribution in [-0.4, -0.2) is 63.4 Å². The van der Waals surface area contributed by atoms with Crippen molar-refractivity contribution < 1.29 is 56.7 Å². The van der Waals surface area contributed by atoms with Crippen molar-refractivity contribution in [1.29, 1.82) is 0 Å². The SMILES string of the molecule is Nc1cc(N)c(S(=O)(=O)O)cc1N=Nc1ccc(N=Nc2c(S(=O)(=O)O)cc3c(c2N)C(=O)/C(=N\Nc2ccc(N=Nc4cc(S(=O)(=O)O)c(N)cc4N)cc2)C(S(=O)(=O)O)=C3)cc1. The van der Waals surface area contributed by atoms with E-state index in [1.165, 1.54) is 48.5 Å². The van der Waals surface area contributed by atoms with Crippen molar-refractivity contribution in [2.75, 3.05) is 34.1 Å². The molecule has 0 saturated heterocycles. The highest BCUT2D eigenvalue weighted by molar-refractivity contribution is 7.91. The van der Waals surface area contributed by atoms with Crippen molar-refractivity contribution in [3.05, 3.63) is 94.9 Å². The highest BCUT2D eigenvalue weighted by atomic mass is 32.2. The van der Waals surface area contributed by atoms with Gasteiger partial charge in [-0.25, -0.2) is 0 Å². The summed E-state index contributed by atoms with van der Waals surface area (Å²) >= 11 is 0. The molecule has 1 aliphatic rings. The topological polar surface area (TPSA) is 463 Å². The zero-order chi connectivity index (χ0) is 47.1. The lowest BCUT2D eigenvalue weighted by Crippen LogP contribution is -2.28. The maximum Gasteiger partial charge on any atom is 0.296 e. The molecular formula is C34H29N13O13S4. The van der Waals surface area contributed by atoms with Gasteiger partial charge in [-0.15, -0.1) is 15.3 Å². The van der Waals surface area contributed by atoms with Crippen LogP contribution >= 0.6 is 0 Å². The summed E-state index contributed by atoms with van der Waals surface area (Å²) in [5, 5.41) is 27.2. The number of carbonyl (C=O) groups is 1. The van der Waals surface area contributed by atoms with Gasteiger partial charge in [-0.1, -0.05) is 0 Å². The predicted molar refractivity (Wildman–Crippen MR) is 231 cm³/mol. The monoisotopic (exact) mass is 955 g/mol. The molecule has 30 heteroatoms. The summed E-state index contributed by atoms with van der Waals surface area (Å²) in [4.78, 5) is 10.5. The van der Waals surface area contributed by atoms with Crippen LogP contribution < -0.4 is 34.1 Å². The molecule has 1 aliphatic carbocycles. The van der Waals surface area contributed by atoms with Gasteiger partial charge in [0.25, 0.3) is 40.5 Å². The minimum atomic E-state index is -5.25. The molecule has 0 unspecified atom stereocenters. The molecule has 0 fully saturated rings. The van der Waals surface area contributed by atoms with E-state index in [1.807, 2.05) is 0 Å². The number of hydrazone groups is 1.